The van der Waals surface area contributed by atoms with Crippen molar-refractivity contribution in [2.75, 3.05) is 6.54 Å². The molecule has 0 bridgehead atoms. The van der Waals surface area contributed by atoms with Crippen LogP contribution < -0.4 is 4.72 Å². The first-order valence-corrected chi connectivity index (χ1v) is 7.68. The van der Waals surface area contributed by atoms with Gasteiger partial charge in [-0.25, -0.2) is 13.1 Å². The van der Waals surface area contributed by atoms with E-state index in [1.165, 1.54) is 18.2 Å². The van der Waals surface area contributed by atoms with Crippen molar-refractivity contribution in [3.8, 4) is 0 Å². The number of hydrogen-bond acceptors (Lipinski definition) is 3. The van der Waals surface area contributed by atoms with Crippen molar-refractivity contribution >= 4 is 39.2 Å². The average molecular weight is 324 g/mol. The Morgan fingerprint density at radius 3 is 2.21 bits per heavy atom. The van der Waals surface area contributed by atoms with Crippen LogP contribution in [0.15, 0.2) is 23.1 Å². The summed E-state index contributed by atoms with van der Waals surface area (Å²) in [4.78, 5) is 10.9. The molecular formula is C11H11Cl2NO4S. The normalized spacial score (nSPS) is 17.2. The molecule has 1 aromatic rings. The highest BCUT2D eigenvalue weighted by atomic mass is 35.5. The maximum absolute atomic E-state index is 12.0. The Morgan fingerprint density at radius 2 is 1.79 bits per heavy atom. The van der Waals surface area contributed by atoms with Crippen LogP contribution in [0.3, 0.4) is 0 Å². The Balaban J connectivity index is 2.17. The maximum Gasteiger partial charge on any atom is 0.310 e. The Morgan fingerprint density at radius 1 is 1.26 bits per heavy atom. The average Bonchev–Trinajstić information content (AvgIpc) is 3.06. The Hall–Kier alpha value is -0.820. The lowest BCUT2D eigenvalue weighted by atomic mass is 10.1. The van der Waals surface area contributed by atoms with Gasteiger partial charge in [0.2, 0.25) is 10.0 Å². The second-order valence-electron chi connectivity index (χ2n) is 4.52. The molecule has 1 aliphatic rings. The number of rotatable bonds is 5. The molecule has 1 aromatic carbocycles. The summed E-state index contributed by atoms with van der Waals surface area (Å²) in [6, 6.07) is 3.94. The molecule has 0 amide bonds. The Bertz CT molecular complexity index is 605. The van der Waals surface area contributed by atoms with E-state index in [4.69, 9.17) is 28.3 Å². The molecule has 8 heteroatoms. The van der Waals surface area contributed by atoms with Gasteiger partial charge in [0.15, 0.2) is 0 Å². The zero-order chi connectivity index (χ0) is 14.3. The lowest BCUT2D eigenvalue weighted by Gasteiger charge is -2.12. The van der Waals surface area contributed by atoms with E-state index in [1.807, 2.05) is 0 Å². The molecule has 19 heavy (non-hydrogen) atoms. The third-order valence-corrected chi connectivity index (χ3v) is 4.87. The number of benzene rings is 1. The van der Waals surface area contributed by atoms with E-state index in [0.29, 0.717) is 12.8 Å². The van der Waals surface area contributed by atoms with Gasteiger partial charge in [0.05, 0.1) is 10.3 Å². The first-order valence-electron chi connectivity index (χ1n) is 5.44. The van der Waals surface area contributed by atoms with Gasteiger partial charge in [-0.15, -0.1) is 0 Å². The molecule has 2 rings (SSSR count). The van der Waals surface area contributed by atoms with Gasteiger partial charge in [0.1, 0.15) is 0 Å². The number of sulfonamides is 1. The van der Waals surface area contributed by atoms with Gasteiger partial charge < -0.3 is 5.11 Å². The number of nitrogens with one attached hydrogen (secondary N) is 1. The molecule has 5 nitrogen and oxygen atoms in total. The highest BCUT2D eigenvalue weighted by Gasteiger charge is 2.50. The fraction of sp³-hybridized carbons (Fsp3) is 0.364. The van der Waals surface area contributed by atoms with Crippen molar-refractivity contribution in [3.05, 3.63) is 28.2 Å². The van der Waals surface area contributed by atoms with Crippen LogP contribution in [0.5, 0.6) is 0 Å². The molecule has 104 valence electrons. The van der Waals surface area contributed by atoms with Gasteiger partial charge in [-0.2, -0.15) is 0 Å². The third kappa shape index (κ3) is 3.20. The molecule has 0 saturated heterocycles. The summed E-state index contributed by atoms with van der Waals surface area (Å²) in [7, 11) is -3.81. The van der Waals surface area contributed by atoms with Gasteiger partial charge in [-0.3, -0.25) is 4.79 Å². The molecule has 0 atom stereocenters. The van der Waals surface area contributed by atoms with Crippen LogP contribution in [-0.2, 0) is 14.8 Å². The van der Waals surface area contributed by atoms with E-state index in [2.05, 4.69) is 4.72 Å². The zero-order valence-electron chi connectivity index (χ0n) is 9.69. The number of aliphatic carboxylic acids is 1. The van der Waals surface area contributed by atoms with Crippen molar-refractivity contribution in [1.82, 2.24) is 4.72 Å². The summed E-state index contributed by atoms with van der Waals surface area (Å²) in [5.74, 6) is -0.987. The molecule has 0 spiro atoms. The summed E-state index contributed by atoms with van der Waals surface area (Å²) in [5.41, 5.74) is -0.963. The summed E-state index contributed by atoms with van der Waals surface area (Å²) in [6.07, 6.45) is 0.947. The van der Waals surface area contributed by atoms with E-state index in [9.17, 15) is 13.2 Å². The molecule has 0 aromatic heterocycles. The van der Waals surface area contributed by atoms with Crippen molar-refractivity contribution in [3.63, 3.8) is 0 Å². The lowest BCUT2D eigenvalue weighted by molar-refractivity contribution is -0.143. The summed E-state index contributed by atoms with van der Waals surface area (Å²) < 4.78 is 26.3. The van der Waals surface area contributed by atoms with Gasteiger partial charge in [-0.05, 0) is 31.0 Å². The van der Waals surface area contributed by atoms with Crippen molar-refractivity contribution < 1.29 is 18.3 Å². The minimum atomic E-state index is -3.81. The predicted molar refractivity (Wildman–Crippen MR) is 71.0 cm³/mol. The smallest absolute Gasteiger partial charge is 0.310 e. The molecule has 1 aliphatic carbocycles. The third-order valence-electron chi connectivity index (χ3n) is 3.05. The van der Waals surface area contributed by atoms with Gasteiger partial charge in [0.25, 0.3) is 0 Å². The molecule has 0 radical (unpaired) electrons. The van der Waals surface area contributed by atoms with E-state index >= 15 is 0 Å². The van der Waals surface area contributed by atoms with Crippen LogP contribution in [0.4, 0.5) is 0 Å². The second-order valence-corrected chi connectivity index (χ2v) is 7.16. The molecule has 2 N–H and O–H groups in total. The summed E-state index contributed by atoms with van der Waals surface area (Å²) in [5, 5.41) is 9.38. The molecule has 0 unspecified atom stereocenters. The minimum Gasteiger partial charge on any atom is -0.481 e. The van der Waals surface area contributed by atoms with Crippen LogP contribution in [0, 0.1) is 5.41 Å². The van der Waals surface area contributed by atoms with E-state index in [1.54, 1.807) is 0 Å². The van der Waals surface area contributed by atoms with Crippen LogP contribution in [0.1, 0.15) is 12.8 Å². The molecule has 0 heterocycles. The molecule has 1 saturated carbocycles. The number of hydrogen-bond donors (Lipinski definition) is 2. The summed E-state index contributed by atoms with van der Waals surface area (Å²) in [6.45, 7) is -0.130. The number of carboxylic acid groups (broad SMARTS) is 1. The first kappa shape index (κ1) is 14.6. The van der Waals surface area contributed by atoms with Crippen molar-refractivity contribution in [2.24, 2.45) is 5.41 Å². The maximum atomic E-state index is 12.0. The van der Waals surface area contributed by atoms with Gasteiger partial charge >= 0.3 is 5.97 Å². The van der Waals surface area contributed by atoms with Gasteiger partial charge in [-0.1, -0.05) is 23.2 Å². The van der Waals surface area contributed by atoms with Crippen LogP contribution in [0.25, 0.3) is 0 Å². The largest absolute Gasteiger partial charge is 0.481 e. The number of carboxylic acids is 1. The number of halogens is 2. The second kappa shape index (κ2) is 4.94. The fourth-order valence-corrected chi connectivity index (χ4v) is 3.47. The van der Waals surface area contributed by atoms with E-state index in [-0.39, 0.29) is 21.5 Å². The quantitative estimate of drug-likeness (QED) is 0.869. The molecular weight excluding hydrogens is 313 g/mol. The number of carbonyl (C=O) groups is 1. The predicted octanol–water partition coefficient (Wildman–Crippen LogP) is 2.14. The molecule has 0 aliphatic heterocycles. The fourth-order valence-electron chi connectivity index (χ4n) is 1.62. The van der Waals surface area contributed by atoms with Crippen LogP contribution in [0.2, 0.25) is 10.0 Å². The van der Waals surface area contributed by atoms with Crippen LogP contribution >= 0.6 is 23.2 Å². The monoisotopic (exact) mass is 323 g/mol. The van der Waals surface area contributed by atoms with Crippen LogP contribution in [-0.4, -0.2) is 26.0 Å². The lowest BCUT2D eigenvalue weighted by Crippen LogP contribution is -2.34. The van der Waals surface area contributed by atoms with Crippen molar-refractivity contribution in [1.29, 1.82) is 0 Å². The first-order chi connectivity index (χ1) is 8.75. The highest BCUT2D eigenvalue weighted by molar-refractivity contribution is 7.89. The highest BCUT2D eigenvalue weighted by Crippen LogP contribution is 2.45. The Labute approximate surface area is 120 Å². The Kier molecular flexibility index (Phi) is 3.79. The van der Waals surface area contributed by atoms with Gasteiger partial charge in [0, 0.05) is 16.6 Å². The van der Waals surface area contributed by atoms with E-state index in [0.717, 1.165) is 0 Å². The van der Waals surface area contributed by atoms with Crippen molar-refractivity contribution in [2.45, 2.75) is 17.7 Å². The minimum absolute atomic E-state index is 0.0776. The standard InChI is InChI=1S/C11H11Cl2NO4S/c12-7-3-8(13)5-9(4-7)19(17,18)14-6-11(1-2-11)10(15)16/h3-5,14H,1-2,6H2,(H,15,16). The summed E-state index contributed by atoms with van der Waals surface area (Å²) >= 11 is 11.5. The zero-order valence-corrected chi connectivity index (χ0v) is 12.0. The topological polar surface area (TPSA) is 83.5 Å². The molecule has 1 fully saturated rings. The van der Waals surface area contributed by atoms with E-state index < -0.39 is 21.4 Å². The SMILES string of the molecule is O=C(O)C1(CNS(=O)(=O)c2cc(Cl)cc(Cl)c2)CC1.